The number of carbonyl (C=O) groups is 1. The fraction of sp³-hybridized carbons (Fsp3) is 0.364. The maximum Gasteiger partial charge on any atom is 0.244 e. The third kappa shape index (κ3) is 2.14. The van der Waals surface area contributed by atoms with Gasteiger partial charge < -0.3 is 4.74 Å². The summed E-state index contributed by atoms with van der Waals surface area (Å²) < 4.78 is 18.3. The standard InChI is InChI=1S/C11H15FN2O2/c1-11(2,10(15)14-13)8-6-7(12)4-5-9(8)16-3/h4-6H,13H2,1-3H3,(H,14,15). The van der Waals surface area contributed by atoms with Gasteiger partial charge in [-0.1, -0.05) is 0 Å². The van der Waals surface area contributed by atoms with Crippen LogP contribution in [0.5, 0.6) is 5.75 Å². The van der Waals surface area contributed by atoms with Crippen molar-refractivity contribution in [1.29, 1.82) is 0 Å². The Hall–Kier alpha value is -1.62. The minimum atomic E-state index is -0.956. The van der Waals surface area contributed by atoms with Gasteiger partial charge in [-0.05, 0) is 32.0 Å². The van der Waals surface area contributed by atoms with E-state index in [4.69, 9.17) is 10.6 Å². The van der Waals surface area contributed by atoms with E-state index in [0.29, 0.717) is 11.3 Å². The topological polar surface area (TPSA) is 64.3 Å². The van der Waals surface area contributed by atoms with Gasteiger partial charge in [0.2, 0.25) is 5.91 Å². The molecule has 5 heteroatoms. The summed E-state index contributed by atoms with van der Waals surface area (Å²) in [6, 6.07) is 4.03. The molecule has 1 aromatic carbocycles. The van der Waals surface area contributed by atoms with Gasteiger partial charge in [0.25, 0.3) is 0 Å². The van der Waals surface area contributed by atoms with Crippen molar-refractivity contribution in [3.63, 3.8) is 0 Å². The van der Waals surface area contributed by atoms with Gasteiger partial charge in [0.1, 0.15) is 11.6 Å². The predicted molar refractivity (Wildman–Crippen MR) is 58.3 cm³/mol. The first-order valence-corrected chi connectivity index (χ1v) is 4.78. The monoisotopic (exact) mass is 226 g/mol. The predicted octanol–water partition coefficient (Wildman–Crippen LogP) is 1.10. The van der Waals surface area contributed by atoms with Crippen LogP contribution in [0.3, 0.4) is 0 Å². The highest BCUT2D eigenvalue weighted by Gasteiger charge is 2.32. The maximum atomic E-state index is 13.2. The molecule has 0 saturated heterocycles. The molecule has 1 amide bonds. The zero-order valence-electron chi connectivity index (χ0n) is 9.50. The summed E-state index contributed by atoms with van der Waals surface area (Å²) in [6.45, 7) is 3.29. The maximum absolute atomic E-state index is 13.2. The van der Waals surface area contributed by atoms with Crippen molar-refractivity contribution in [2.75, 3.05) is 7.11 Å². The van der Waals surface area contributed by atoms with Gasteiger partial charge in [-0.15, -0.1) is 0 Å². The number of benzene rings is 1. The first-order chi connectivity index (χ1) is 7.43. The number of hydrogen-bond donors (Lipinski definition) is 2. The van der Waals surface area contributed by atoms with Crippen LogP contribution in [0.2, 0.25) is 0 Å². The van der Waals surface area contributed by atoms with Crippen molar-refractivity contribution in [3.05, 3.63) is 29.6 Å². The average molecular weight is 226 g/mol. The number of hydrazine groups is 1. The van der Waals surface area contributed by atoms with E-state index in [1.165, 1.54) is 25.3 Å². The van der Waals surface area contributed by atoms with Crippen molar-refractivity contribution in [1.82, 2.24) is 5.43 Å². The van der Waals surface area contributed by atoms with E-state index in [2.05, 4.69) is 5.43 Å². The zero-order chi connectivity index (χ0) is 12.3. The molecule has 0 unspecified atom stereocenters. The molecule has 16 heavy (non-hydrogen) atoms. The summed E-state index contributed by atoms with van der Waals surface area (Å²) in [5.41, 5.74) is 1.56. The fourth-order valence-corrected chi connectivity index (χ4v) is 1.47. The molecular weight excluding hydrogens is 211 g/mol. The average Bonchev–Trinajstić information content (AvgIpc) is 2.27. The number of methoxy groups -OCH3 is 1. The van der Waals surface area contributed by atoms with Gasteiger partial charge >= 0.3 is 0 Å². The largest absolute Gasteiger partial charge is 0.496 e. The highest BCUT2D eigenvalue weighted by atomic mass is 19.1. The van der Waals surface area contributed by atoms with Crippen molar-refractivity contribution in [2.24, 2.45) is 5.84 Å². The first-order valence-electron chi connectivity index (χ1n) is 4.78. The Morgan fingerprint density at radius 3 is 2.62 bits per heavy atom. The summed E-state index contributed by atoms with van der Waals surface area (Å²) in [5, 5.41) is 0. The lowest BCUT2D eigenvalue weighted by Gasteiger charge is -2.24. The number of ether oxygens (including phenoxy) is 1. The molecule has 0 atom stereocenters. The minimum Gasteiger partial charge on any atom is -0.496 e. The van der Waals surface area contributed by atoms with Crippen LogP contribution in [-0.2, 0) is 10.2 Å². The minimum absolute atomic E-state index is 0.406. The molecule has 0 saturated carbocycles. The quantitative estimate of drug-likeness (QED) is 0.461. The highest BCUT2D eigenvalue weighted by Crippen LogP contribution is 2.32. The molecule has 0 spiro atoms. The van der Waals surface area contributed by atoms with E-state index in [1.54, 1.807) is 13.8 Å². The van der Waals surface area contributed by atoms with E-state index in [1.807, 2.05) is 0 Å². The smallest absolute Gasteiger partial charge is 0.244 e. The second-order valence-electron chi connectivity index (χ2n) is 3.94. The SMILES string of the molecule is COc1ccc(F)cc1C(C)(C)C(=O)NN. The van der Waals surface area contributed by atoms with Crippen LogP contribution >= 0.6 is 0 Å². The summed E-state index contributed by atoms with van der Waals surface area (Å²) in [4.78, 5) is 11.6. The third-order valence-electron chi connectivity index (χ3n) is 2.53. The van der Waals surface area contributed by atoms with Gasteiger partial charge in [0.05, 0.1) is 12.5 Å². The summed E-state index contributed by atoms with van der Waals surface area (Å²) >= 11 is 0. The van der Waals surface area contributed by atoms with Gasteiger partial charge in [-0.2, -0.15) is 0 Å². The Morgan fingerprint density at radius 2 is 2.12 bits per heavy atom. The Morgan fingerprint density at radius 1 is 1.50 bits per heavy atom. The number of carbonyl (C=O) groups excluding carboxylic acids is 1. The number of hydrogen-bond acceptors (Lipinski definition) is 3. The fourth-order valence-electron chi connectivity index (χ4n) is 1.47. The molecule has 1 aromatic rings. The number of halogens is 1. The summed E-state index contributed by atoms with van der Waals surface area (Å²) in [6.07, 6.45) is 0. The normalized spacial score (nSPS) is 11.1. The molecular formula is C11H15FN2O2. The Balaban J connectivity index is 3.30. The second kappa shape index (κ2) is 4.49. The van der Waals surface area contributed by atoms with Crippen LogP contribution in [0.1, 0.15) is 19.4 Å². The van der Waals surface area contributed by atoms with Gasteiger partial charge in [0.15, 0.2) is 0 Å². The van der Waals surface area contributed by atoms with Gasteiger partial charge in [-0.25, -0.2) is 10.2 Å². The van der Waals surface area contributed by atoms with Crippen molar-refractivity contribution in [2.45, 2.75) is 19.3 Å². The number of rotatable bonds is 3. The molecule has 0 radical (unpaired) electrons. The number of nitrogens with one attached hydrogen (secondary N) is 1. The molecule has 3 N–H and O–H groups in total. The van der Waals surface area contributed by atoms with E-state index in [9.17, 15) is 9.18 Å². The van der Waals surface area contributed by atoms with Crippen LogP contribution in [-0.4, -0.2) is 13.0 Å². The van der Waals surface area contributed by atoms with Crippen molar-refractivity contribution < 1.29 is 13.9 Å². The molecule has 0 bridgehead atoms. The van der Waals surface area contributed by atoms with E-state index >= 15 is 0 Å². The molecule has 0 aliphatic carbocycles. The molecule has 1 rings (SSSR count). The Kier molecular flexibility index (Phi) is 3.49. The van der Waals surface area contributed by atoms with E-state index in [0.717, 1.165) is 0 Å². The number of nitrogens with two attached hydrogens (primary N) is 1. The van der Waals surface area contributed by atoms with Crippen LogP contribution in [0.25, 0.3) is 0 Å². The molecule has 88 valence electrons. The van der Waals surface area contributed by atoms with Crippen molar-refractivity contribution in [3.8, 4) is 5.75 Å². The van der Waals surface area contributed by atoms with Crippen LogP contribution in [0.15, 0.2) is 18.2 Å². The summed E-state index contributed by atoms with van der Waals surface area (Å²) in [5.74, 6) is 4.72. The van der Waals surface area contributed by atoms with Crippen LogP contribution in [0.4, 0.5) is 4.39 Å². The lowest BCUT2D eigenvalue weighted by molar-refractivity contribution is -0.125. The van der Waals surface area contributed by atoms with Gasteiger partial charge in [0, 0.05) is 5.56 Å². The summed E-state index contributed by atoms with van der Waals surface area (Å²) in [7, 11) is 1.47. The zero-order valence-corrected chi connectivity index (χ0v) is 9.50. The lowest BCUT2D eigenvalue weighted by atomic mass is 9.83. The molecule has 4 nitrogen and oxygen atoms in total. The van der Waals surface area contributed by atoms with Gasteiger partial charge in [-0.3, -0.25) is 10.2 Å². The van der Waals surface area contributed by atoms with Crippen LogP contribution < -0.4 is 16.0 Å². The molecule has 0 heterocycles. The third-order valence-corrected chi connectivity index (χ3v) is 2.53. The molecule has 0 fully saturated rings. The second-order valence-corrected chi connectivity index (χ2v) is 3.94. The molecule has 0 aliphatic rings. The Bertz CT molecular complexity index is 405. The van der Waals surface area contributed by atoms with Crippen LogP contribution in [0, 0.1) is 5.82 Å². The van der Waals surface area contributed by atoms with E-state index in [-0.39, 0.29) is 0 Å². The van der Waals surface area contributed by atoms with E-state index < -0.39 is 17.1 Å². The molecule has 0 aromatic heterocycles. The lowest BCUT2D eigenvalue weighted by Crippen LogP contribution is -2.43. The molecule has 0 aliphatic heterocycles. The first kappa shape index (κ1) is 12.4. The number of amides is 1. The van der Waals surface area contributed by atoms with Crippen molar-refractivity contribution >= 4 is 5.91 Å². The Labute approximate surface area is 93.6 Å². The highest BCUT2D eigenvalue weighted by molar-refractivity contribution is 5.87.